The fraction of sp³-hybridized carbons (Fsp3) is 0.316. The van der Waals surface area contributed by atoms with Crippen molar-refractivity contribution in [2.45, 2.75) is 25.2 Å². The molecule has 2 aromatic carbocycles. The smallest absolute Gasteiger partial charge is 0.404 e. The first-order valence-corrected chi connectivity index (χ1v) is 8.79. The summed E-state index contributed by atoms with van der Waals surface area (Å²) in [5, 5.41) is 12.3. The van der Waals surface area contributed by atoms with Crippen LogP contribution in [0.3, 0.4) is 0 Å². The fourth-order valence-electron chi connectivity index (χ4n) is 3.56. The number of carboxylic acid groups (broad SMARTS) is 1. The molecule has 0 radical (unpaired) electrons. The minimum absolute atomic E-state index is 0.263. The Morgan fingerprint density at radius 3 is 2.71 bits per heavy atom. The molecule has 3 nitrogen and oxygen atoms in total. The average Bonchev–Trinajstić information content (AvgIpc) is 2.56. The van der Waals surface area contributed by atoms with Crippen LogP contribution in [0.1, 0.15) is 35.4 Å². The van der Waals surface area contributed by atoms with Gasteiger partial charge in [0.2, 0.25) is 0 Å². The molecule has 126 valence electrons. The Hall–Kier alpha value is -1.71. The lowest BCUT2D eigenvalue weighted by atomic mass is 9.73. The number of rotatable bonds is 4. The highest BCUT2D eigenvalue weighted by atomic mass is 35.5. The number of hydrogen-bond donors (Lipinski definition) is 2. The molecule has 0 spiro atoms. The largest absolute Gasteiger partial charge is 0.465 e. The summed E-state index contributed by atoms with van der Waals surface area (Å²) in [6.07, 6.45) is 1.83. The highest BCUT2D eigenvalue weighted by molar-refractivity contribution is 6.42. The normalized spacial score (nSPS) is 19.6. The molecule has 0 heterocycles. The van der Waals surface area contributed by atoms with Crippen molar-refractivity contribution in [2.75, 3.05) is 6.54 Å². The van der Waals surface area contributed by atoms with Crippen molar-refractivity contribution < 1.29 is 9.90 Å². The van der Waals surface area contributed by atoms with Crippen LogP contribution in [0.25, 0.3) is 0 Å². The Morgan fingerprint density at radius 2 is 1.96 bits per heavy atom. The van der Waals surface area contributed by atoms with Crippen LogP contribution in [-0.2, 0) is 6.42 Å². The van der Waals surface area contributed by atoms with E-state index in [1.54, 1.807) is 0 Å². The molecule has 0 bridgehead atoms. The van der Waals surface area contributed by atoms with E-state index >= 15 is 0 Å². The first-order valence-electron chi connectivity index (χ1n) is 8.04. The summed E-state index contributed by atoms with van der Waals surface area (Å²) in [6, 6.07) is 14.3. The zero-order valence-electron chi connectivity index (χ0n) is 13.1. The molecule has 2 atom stereocenters. The van der Waals surface area contributed by atoms with Crippen molar-refractivity contribution in [1.29, 1.82) is 0 Å². The Kier molecular flexibility index (Phi) is 5.32. The Bertz CT molecular complexity index is 748. The van der Waals surface area contributed by atoms with Gasteiger partial charge in [-0.3, -0.25) is 0 Å². The molecular formula is C19H19Cl2NO2. The molecule has 0 aliphatic heterocycles. The van der Waals surface area contributed by atoms with Crippen LogP contribution >= 0.6 is 23.2 Å². The second-order valence-electron chi connectivity index (χ2n) is 6.25. The molecule has 2 unspecified atom stereocenters. The van der Waals surface area contributed by atoms with E-state index in [1.807, 2.05) is 18.2 Å². The molecule has 2 aromatic rings. The summed E-state index contributed by atoms with van der Waals surface area (Å²) in [5.41, 5.74) is 3.83. The van der Waals surface area contributed by atoms with Gasteiger partial charge in [-0.05, 0) is 54.0 Å². The van der Waals surface area contributed by atoms with E-state index in [0.717, 1.165) is 24.8 Å². The van der Waals surface area contributed by atoms with Gasteiger partial charge in [0.05, 0.1) is 10.0 Å². The summed E-state index contributed by atoms with van der Waals surface area (Å²) >= 11 is 12.3. The molecule has 3 rings (SSSR count). The number of nitrogens with one attached hydrogen (secondary N) is 1. The van der Waals surface area contributed by atoms with Crippen molar-refractivity contribution in [3.05, 3.63) is 69.2 Å². The quantitative estimate of drug-likeness (QED) is 0.769. The van der Waals surface area contributed by atoms with E-state index in [2.05, 4.69) is 29.6 Å². The van der Waals surface area contributed by atoms with Gasteiger partial charge in [-0.2, -0.15) is 0 Å². The van der Waals surface area contributed by atoms with Crippen LogP contribution in [-0.4, -0.2) is 17.7 Å². The van der Waals surface area contributed by atoms with Gasteiger partial charge in [-0.25, -0.2) is 4.79 Å². The van der Waals surface area contributed by atoms with Crippen LogP contribution in [0.2, 0.25) is 10.0 Å². The first-order chi connectivity index (χ1) is 11.5. The number of halogens is 2. The molecular weight excluding hydrogens is 345 g/mol. The highest BCUT2D eigenvalue weighted by Gasteiger charge is 2.28. The summed E-state index contributed by atoms with van der Waals surface area (Å²) in [7, 11) is 0. The maximum atomic E-state index is 10.7. The van der Waals surface area contributed by atoms with Gasteiger partial charge < -0.3 is 10.4 Å². The van der Waals surface area contributed by atoms with E-state index in [9.17, 15) is 4.79 Å². The monoisotopic (exact) mass is 363 g/mol. The van der Waals surface area contributed by atoms with E-state index in [0.29, 0.717) is 22.5 Å². The van der Waals surface area contributed by atoms with E-state index < -0.39 is 6.09 Å². The van der Waals surface area contributed by atoms with Crippen LogP contribution in [0, 0.1) is 5.92 Å². The van der Waals surface area contributed by atoms with Gasteiger partial charge in [0.25, 0.3) is 0 Å². The topological polar surface area (TPSA) is 49.3 Å². The summed E-state index contributed by atoms with van der Waals surface area (Å²) in [6.45, 7) is 0.482. The predicted octanol–water partition coefficient (Wildman–Crippen LogP) is 5.35. The SMILES string of the molecule is O=C(O)NCCC1Cc2ccccc2C(c2ccc(Cl)c(Cl)c2)C1. The Morgan fingerprint density at radius 1 is 1.17 bits per heavy atom. The maximum Gasteiger partial charge on any atom is 0.404 e. The predicted molar refractivity (Wildman–Crippen MR) is 97.2 cm³/mol. The van der Waals surface area contributed by atoms with Gasteiger partial charge in [-0.15, -0.1) is 0 Å². The molecule has 2 N–H and O–H groups in total. The fourth-order valence-corrected chi connectivity index (χ4v) is 3.87. The van der Waals surface area contributed by atoms with E-state index in [-0.39, 0.29) is 5.92 Å². The minimum Gasteiger partial charge on any atom is -0.465 e. The number of amides is 1. The van der Waals surface area contributed by atoms with Crippen molar-refractivity contribution in [3.63, 3.8) is 0 Å². The molecule has 1 amide bonds. The Balaban J connectivity index is 1.86. The van der Waals surface area contributed by atoms with Gasteiger partial charge in [0, 0.05) is 12.5 Å². The van der Waals surface area contributed by atoms with Crippen molar-refractivity contribution in [2.24, 2.45) is 5.92 Å². The number of benzene rings is 2. The van der Waals surface area contributed by atoms with Gasteiger partial charge >= 0.3 is 6.09 Å². The number of hydrogen-bond acceptors (Lipinski definition) is 1. The second-order valence-corrected chi connectivity index (χ2v) is 7.07. The first kappa shape index (κ1) is 17.1. The van der Waals surface area contributed by atoms with Crippen molar-refractivity contribution in [1.82, 2.24) is 5.32 Å². The summed E-state index contributed by atoms with van der Waals surface area (Å²) in [4.78, 5) is 10.7. The molecule has 0 fully saturated rings. The minimum atomic E-state index is -0.966. The molecule has 5 heteroatoms. The standard InChI is InChI=1S/C19H19Cl2NO2/c20-17-6-5-14(11-18(17)21)16-10-12(7-8-22-19(23)24)9-13-3-1-2-4-15(13)16/h1-6,11-12,16,22H,7-10H2,(H,23,24). The third kappa shape index (κ3) is 3.85. The van der Waals surface area contributed by atoms with Crippen molar-refractivity contribution >= 4 is 29.3 Å². The summed E-state index contributed by atoms with van der Waals surface area (Å²) < 4.78 is 0. The van der Waals surface area contributed by atoms with E-state index in [1.165, 1.54) is 11.1 Å². The lowest BCUT2D eigenvalue weighted by molar-refractivity contribution is 0.193. The Labute approximate surface area is 151 Å². The molecule has 24 heavy (non-hydrogen) atoms. The second kappa shape index (κ2) is 7.45. The summed E-state index contributed by atoms with van der Waals surface area (Å²) in [5.74, 6) is 0.700. The third-order valence-corrected chi connectivity index (χ3v) is 5.42. The van der Waals surface area contributed by atoms with Crippen LogP contribution in [0.5, 0.6) is 0 Å². The molecule has 0 saturated carbocycles. The van der Waals surface area contributed by atoms with Gasteiger partial charge in [0.1, 0.15) is 0 Å². The maximum absolute atomic E-state index is 10.7. The lowest BCUT2D eigenvalue weighted by Gasteiger charge is -2.32. The zero-order chi connectivity index (χ0) is 17.1. The molecule has 0 saturated heterocycles. The van der Waals surface area contributed by atoms with Crippen LogP contribution in [0.4, 0.5) is 4.79 Å². The zero-order valence-corrected chi connectivity index (χ0v) is 14.6. The molecule has 1 aliphatic carbocycles. The van der Waals surface area contributed by atoms with Gasteiger partial charge in [0.15, 0.2) is 0 Å². The van der Waals surface area contributed by atoms with Crippen LogP contribution in [0.15, 0.2) is 42.5 Å². The van der Waals surface area contributed by atoms with Crippen molar-refractivity contribution in [3.8, 4) is 0 Å². The number of fused-ring (bicyclic) bond motifs is 1. The van der Waals surface area contributed by atoms with E-state index in [4.69, 9.17) is 28.3 Å². The molecule has 0 aromatic heterocycles. The molecule has 1 aliphatic rings. The lowest BCUT2D eigenvalue weighted by Crippen LogP contribution is -2.27. The van der Waals surface area contributed by atoms with Gasteiger partial charge in [-0.1, -0.05) is 53.5 Å². The third-order valence-electron chi connectivity index (χ3n) is 4.68. The highest BCUT2D eigenvalue weighted by Crippen LogP contribution is 2.41. The number of carbonyl (C=O) groups is 1. The van der Waals surface area contributed by atoms with Crippen LogP contribution < -0.4 is 5.32 Å². The average molecular weight is 364 g/mol.